The standard InChI is InChI=1S/C32H39BrClN7O3/c33-23-16-22-7-6-21-17-24(34)8-9-26(21)30(29(22)37-18-23)40-14-15-41(32(44)38-25-4-2-1-3-5-25)27(19-40)31(43)36-11-13-39-12-10-35-28(39)20-42/h8-10,12,16-18,25,27,30,42H,1-7,11,13-15,19-20H2,(H,36,43)(H,38,44)/t27-,30?/m1/s1. The lowest BCUT2D eigenvalue weighted by Crippen LogP contribution is -2.63. The Morgan fingerprint density at radius 3 is 2.70 bits per heavy atom. The number of imidazole rings is 1. The second-order valence-electron chi connectivity index (χ2n) is 11.9. The van der Waals surface area contributed by atoms with E-state index < -0.39 is 6.04 Å². The maximum absolute atomic E-state index is 13.9. The largest absolute Gasteiger partial charge is 0.388 e. The number of halogens is 2. The number of nitrogens with zero attached hydrogens (tertiary/aromatic N) is 5. The third-order valence-corrected chi connectivity index (χ3v) is 9.83. The van der Waals surface area contributed by atoms with E-state index in [1.165, 1.54) is 12.0 Å². The van der Waals surface area contributed by atoms with Crippen molar-refractivity contribution in [3.63, 3.8) is 0 Å². The van der Waals surface area contributed by atoms with Crippen LogP contribution in [-0.4, -0.2) is 79.6 Å². The van der Waals surface area contributed by atoms with Gasteiger partial charge in [-0.15, -0.1) is 0 Å². The van der Waals surface area contributed by atoms with Gasteiger partial charge in [0.25, 0.3) is 0 Å². The normalized spacial score (nSPS) is 20.8. The minimum Gasteiger partial charge on any atom is -0.388 e. The number of aromatic nitrogens is 3. The fraction of sp³-hybridized carbons (Fsp3) is 0.500. The maximum atomic E-state index is 13.9. The smallest absolute Gasteiger partial charge is 0.318 e. The van der Waals surface area contributed by atoms with Crippen LogP contribution in [0.4, 0.5) is 4.79 Å². The van der Waals surface area contributed by atoms with E-state index >= 15 is 0 Å². The quantitative estimate of drug-likeness (QED) is 0.344. The Labute approximate surface area is 271 Å². The van der Waals surface area contributed by atoms with E-state index in [1.54, 1.807) is 17.3 Å². The zero-order valence-electron chi connectivity index (χ0n) is 24.7. The summed E-state index contributed by atoms with van der Waals surface area (Å²) >= 11 is 10.0. The van der Waals surface area contributed by atoms with Crippen LogP contribution in [0.3, 0.4) is 0 Å². The first-order valence-corrected chi connectivity index (χ1v) is 16.7. The molecule has 1 unspecified atom stereocenters. The maximum Gasteiger partial charge on any atom is 0.318 e. The highest BCUT2D eigenvalue weighted by Gasteiger charge is 2.40. The summed E-state index contributed by atoms with van der Waals surface area (Å²) in [5, 5.41) is 16.5. The molecule has 2 aliphatic carbocycles. The highest BCUT2D eigenvalue weighted by atomic mass is 79.9. The van der Waals surface area contributed by atoms with E-state index in [9.17, 15) is 14.7 Å². The Morgan fingerprint density at radius 1 is 1.07 bits per heavy atom. The molecule has 2 fully saturated rings. The van der Waals surface area contributed by atoms with Crippen LogP contribution in [-0.2, 0) is 30.8 Å². The van der Waals surface area contributed by atoms with Crippen molar-refractivity contribution in [3.8, 4) is 0 Å². The number of urea groups is 1. The summed E-state index contributed by atoms with van der Waals surface area (Å²) in [7, 11) is 0. The first kappa shape index (κ1) is 31.0. The Kier molecular flexibility index (Phi) is 9.85. The van der Waals surface area contributed by atoms with Crippen LogP contribution < -0.4 is 10.6 Å². The second kappa shape index (κ2) is 14.0. The number of aliphatic hydroxyl groups excluding tert-OH is 1. The predicted molar refractivity (Wildman–Crippen MR) is 171 cm³/mol. The molecule has 6 rings (SSSR count). The third kappa shape index (κ3) is 6.80. The molecule has 3 aromatic rings. The highest BCUT2D eigenvalue weighted by Crippen LogP contribution is 2.38. The molecule has 0 radical (unpaired) electrons. The van der Waals surface area contributed by atoms with Gasteiger partial charge in [-0.1, -0.05) is 36.9 Å². The topological polar surface area (TPSA) is 116 Å². The van der Waals surface area contributed by atoms with E-state index in [2.05, 4.69) is 48.6 Å². The number of carbonyl (C=O) groups excluding carboxylic acids is 2. The van der Waals surface area contributed by atoms with E-state index in [-0.39, 0.29) is 30.6 Å². The SMILES string of the molecule is O=C(NCCn1ccnc1CO)[C@H]1CN(C2c3ccc(Cl)cc3CCc3cc(Br)cnc32)CCN1C(=O)NC1CCCCC1. The average Bonchev–Trinajstić information content (AvgIpc) is 3.43. The molecule has 1 saturated heterocycles. The predicted octanol–water partition coefficient (Wildman–Crippen LogP) is 4.22. The van der Waals surface area contributed by atoms with Crippen molar-refractivity contribution in [2.45, 2.75) is 76.2 Å². The van der Waals surface area contributed by atoms with Gasteiger partial charge in [-0.3, -0.25) is 14.7 Å². The fourth-order valence-electron chi connectivity index (χ4n) is 6.91. The number of benzene rings is 1. The van der Waals surface area contributed by atoms with Crippen molar-refractivity contribution in [2.75, 3.05) is 26.2 Å². The van der Waals surface area contributed by atoms with Crippen LogP contribution >= 0.6 is 27.5 Å². The van der Waals surface area contributed by atoms with E-state index in [1.807, 2.05) is 22.9 Å². The monoisotopic (exact) mass is 683 g/mol. The molecule has 1 aromatic carbocycles. The van der Waals surface area contributed by atoms with Crippen LogP contribution in [0.5, 0.6) is 0 Å². The van der Waals surface area contributed by atoms with Crippen molar-refractivity contribution in [2.24, 2.45) is 0 Å². The third-order valence-electron chi connectivity index (χ3n) is 9.16. The van der Waals surface area contributed by atoms with Gasteiger partial charge in [0, 0.05) is 66.9 Å². The first-order chi connectivity index (χ1) is 21.4. The Morgan fingerprint density at radius 2 is 1.89 bits per heavy atom. The van der Waals surface area contributed by atoms with Crippen LogP contribution in [0, 0.1) is 0 Å². The summed E-state index contributed by atoms with van der Waals surface area (Å²) in [4.78, 5) is 40.6. The number of piperazine rings is 1. The number of hydrogen-bond acceptors (Lipinski definition) is 6. The summed E-state index contributed by atoms with van der Waals surface area (Å²) in [6.07, 6.45) is 12.3. The minimum absolute atomic E-state index is 0.143. The lowest BCUT2D eigenvalue weighted by atomic mass is 9.95. The number of carbonyl (C=O) groups is 2. The zero-order valence-corrected chi connectivity index (χ0v) is 27.1. The second-order valence-corrected chi connectivity index (χ2v) is 13.3. The van der Waals surface area contributed by atoms with Gasteiger partial charge in [0.1, 0.15) is 18.5 Å². The molecule has 234 valence electrons. The molecule has 2 aromatic heterocycles. The lowest BCUT2D eigenvalue weighted by molar-refractivity contribution is -0.127. The molecule has 0 bridgehead atoms. The molecule has 1 aliphatic heterocycles. The summed E-state index contributed by atoms with van der Waals surface area (Å²) in [5.41, 5.74) is 4.45. The number of fused-ring (bicyclic) bond motifs is 2. The molecule has 10 nitrogen and oxygen atoms in total. The van der Waals surface area contributed by atoms with Crippen molar-refractivity contribution < 1.29 is 14.7 Å². The van der Waals surface area contributed by atoms with Crippen LogP contribution in [0.2, 0.25) is 5.02 Å². The lowest BCUT2D eigenvalue weighted by Gasteiger charge is -2.44. The molecular weight excluding hydrogens is 646 g/mol. The van der Waals surface area contributed by atoms with Gasteiger partial charge in [0.15, 0.2) is 0 Å². The number of pyridine rings is 1. The minimum atomic E-state index is -0.689. The summed E-state index contributed by atoms with van der Waals surface area (Å²) in [6, 6.07) is 7.29. The van der Waals surface area contributed by atoms with Gasteiger partial charge in [-0.05, 0) is 76.5 Å². The molecule has 2 atom stereocenters. The van der Waals surface area contributed by atoms with E-state index in [4.69, 9.17) is 16.6 Å². The number of aliphatic hydroxyl groups is 1. The fourth-order valence-corrected chi connectivity index (χ4v) is 7.48. The number of hydrogen-bond donors (Lipinski definition) is 3. The molecule has 3 amide bonds. The van der Waals surface area contributed by atoms with Crippen LogP contribution in [0.1, 0.15) is 66.4 Å². The zero-order chi connectivity index (χ0) is 30.6. The van der Waals surface area contributed by atoms with E-state index in [0.717, 1.165) is 59.8 Å². The van der Waals surface area contributed by atoms with Gasteiger partial charge >= 0.3 is 6.03 Å². The Hall–Kier alpha value is -2.99. The van der Waals surface area contributed by atoms with Crippen molar-refractivity contribution in [3.05, 3.63) is 80.6 Å². The first-order valence-electron chi connectivity index (χ1n) is 15.5. The summed E-state index contributed by atoms with van der Waals surface area (Å²) in [6.45, 7) is 2.02. The van der Waals surface area contributed by atoms with Gasteiger partial charge in [0.05, 0.1) is 11.7 Å². The molecule has 1 saturated carbocycles. The van der Waals surface area contributed by atoms with Gasteiger partial charge in [0.2, 0.25) is 5.91 Å². The van der Waals surface area contributed by atoms with Crippen LogP contribution in [0.25, 0.3) is 0 Å². The van der Waals surface area contributed by atoms with Gasteiger partial charge < -0.3 is 25.2 Å². The molecule has 44 heavy (non-hydrogen) atoms. The summed E-state index contributed by atoms with van der Waals surface area (Å²) < 4.78 is 2.75. The average molecular weight is 685 g/mol. The van der Waals surface area contributed by atoms with Crippen molar-refractivity contribution >= 4 is 39.5 Å². The Bertz CT molecular complexity index is 1440. The van der Waals surface area contributed by atoms with Gasteiger partial charge in [-0.2, -0.15) is 0 Å². The molecule has 0 spiro atoms. The number of nitrogens with one attached hydrogen (secondary N) is 2. The molecule has 3 N–H and O–H groups in total. The highest BCUT2D eigenvalue weighted by molar-refractivity contribution is 9.10. The molecule has 3 heterocycles. The number of rotatable bonds is 7. The molecule has 12 heteroatoms. The molecular formula is C32H39BrClN7O3. The molecule has 3 aliphatic rings. The Balaban J connectivity index is 1.27. The number of aryl methyl sites for hydroxylation is 2. The summed E-state index contributed by atoms with van der Waals surface area (Å²) in [5.74, 6) is 0.342. The van der Waals surface area contributed by atoms with Gasteiger partial charge in [-0.25, -0.2) is 9.78 Å². The van der Waals surface area contributed by atoms with Crippen LogP contribution in [0.15, 0.2) is 47.3 Å². The van der Waals surface area contributed by atoms with Crippen molar-refractivity contribution in [1.82, 2.24) is 35.0 Å². The number of amides is 3. The van der Waals surface area contributed by atoms with E-state index in [0.29, 0.717) is 43.6 Å². The van der Waals surface area contributed by atoms with Crippen molar-refractivity contribution in [1.29, 1.82) is 0 Å².